The lowest BCUT2D eigenvalue weighted by Gasteiger charge is -2.48. The Labute approximate surface area is 158 Å². The van der Waals surface area contributed by atoms with E-state index >= 15 is 0 Å². The number of aromatic hydroxyl groups is 1. The van der Waals surface area contributed by atoms with Gasteiger partial charge in [-0.05, 0) is 62.6 Å². The van der Waals surface area contributed by atoms with Gasteiger partial charge in [0.1, 0.15) is 17.1 Å². The van der Waals surface area contributed by atoms with E-state index < -0.39 is 0 Å². The van der Waals surface area contributed by atoms with Gasteiger partial charge in [-0.2, -0.15) is 0 Å². The summed E-state index contributed by atoms with van der Waals surface area (Å²) >= 11 is 0. The van der Waals surface area contributed by atoms with Crippen LogP contribution in [0.5, 0.6) is 11.5 Å². The third-order valence-electron chi connectivity index (χ3n) is 6.77. The van der Waals surface area contributed by atoms with Crippen LogP contribution >= 0.6 is 0 Å². The summed E-state index contributed by atoms with van der Waals surface area (Å²) in [6, 6.07) is 4.10. The number of fused-ring (bicyclic) bond motifs is 3. The molecule has 146 valence electrons. The lowest BCUT2D eigenvalue weighted by molar-refractivity contribution is -0.0318. The molecule has 0 amide bonds. The second-order valence-electron chi connectivity index (χ2n) is 9.63. The minimum Gasteiger partial charge on any atom is -0.508 e. The highest BCUT2D eigenvalue weighted by atomic mass is 16.5. The number of hydrogen-bond donors (Lipinski definition) is 2. The Morgan fingerprint density at radius 2 is 1.92 bits per heavy atom. The van der Waals surface area contributed by atoms with Gasteiger partial charge in [0.2, 0.25) is 0 Å². The van der Waals surface area contributed by atoms with Crippen LogP contribution in [0.2, 0.25) is 0 Å². The standard InChI is InChI=1S/C23H36O3/c1-6-7-8-11-22(2,3)15-12-19(25)21-17-14-16(24)9-10-18(17)23(4,5)26-20(21)13-15/h12-13,16-18,24-25H,6-11,14H2,1-5H3. The van der Waals surface area contributed by atoms with Crippen LogP contribution in [0.1, 0.15) is 96.6 Å². The molecule has 3 unspecified atom stereocenters. The van der Waals surface area contributed by atoms with Crippen molar-refractivity contribution in [3.8, 4) is 11.5 Å². The predicted molar refractivity (Wildman–Crippen MR) is 106 cm³/mol. The molecule has 1 aliphatic heterocycles. The summed E-state index contributed by atoms with van der Waals surface area (Å²) in [5, 5.41) is 21.1. The van der Waals surface area contributed by atoms with Crippen LogP contribution in [0, 0.1) is 5.92 Å². The van der Waals surface area contributed by atoms with Crippen LogP contribution < -0.4 is 4.74 Å². The zero-order valence-corrected chi connectivity index (χ0v) is 17.1. The second-order valence-corrected chi connectivity index (χ2v) is 9.63. The number of phenolic OH excluding ortho intramolecular Hbond substituents is 1. The molecule has 0 spiro atoms. The first-order valence-corrected chi connectivity index (χ1v) is 10.4. The van der Waals surface area contributed by atoms with Gasteiger partial charge in [-0.1, -0.05) is 40.0 Å². The molecular formula is C23H36O3. The molecular weight excluding hydrogens is 324 g/mol. The van der Waals surface area contributed by atoms with Crippen molar-refractivity contribution in [3.63, 3.8) is 0 Å². The predicted octanol–water partition coefficient (Wildman–Crippen LogP) is 5.67. The summed E-state index contributed by atoms with van der Waals surface area (Å²) in [5.74, 6) is 1.69. The van der Waals surface area contributed by atoms with E-state index in [1.54, 1.807) is 0 Å². The summed E-state index contributed by atoms with van der Waals surface area (Å²) in [6.45, 7) is 11.0. The smallest absolute Gasteiger partial charge is 0.127 e. The van der Waals surface area contributed by atoms with Crippen molar-refractivity contribution in [2.75, 3.05) is 0 Å². The zero-order valence-electron chi connectivity index (χ0n) is 17.1. The normalized spacial score (nSPS) is 27.4. The lowest BCUT2D eigenvalue weighted by atomic mass is 9.65. The maximum absolute atomic E-state index is 10.9. The highest BCUT2D eigenvalue weighted by molar-refractivity contribution is 5.53. The molecule has 3 atom stereocenters. The van der Waals surface area contributed by atoms with Crippen molar-refractivity contribution in [2.24, 2.45) is 5.92 Å². The fraction of sp³-hybridized carbons (Fsp3) is 0.739. The zero-order chi connectivity index (χ0) is 19.1. The number of aliphatic hydroxyl groups excluding tert-OH is 1. The van der Waals surface area contributed by atoms with Gasteiger partial charge in [-0.3, -0.25) is 0 Å². The van der Waals surface area contributed by atoms with Crippen LogP contribution in [0.3, 0.4) is 0 Å². The highest BCUT2D eigenvalue weighted by Crippen LogP contribution is 2.55. The monoisotopic (exact) mass is 360 g/mol. The minimum absolute atomic E-state index is 0.0120. The summed E-state index contributed by atoms with van der Waals surface area (Å²) in [6.07, 6.45) is 6.98. The van der Waals surface area contributed by atoms with Gasteiger partial charge in [-0.25, -0.2) is 0 Å². The van der Waals surface area contributed by atoms with Crippen molar-refractivity contribution < 1.29 is 14.9 Å². The Morgan fingerprint density at radius 1 is 1.19 bits per heavy atom. The number of phenols is 1. The Hall–Kier alpha value is -1.22. The summed E-state index contributed by atoms with van der Waals surface area (Å²) < 4.78 is 6.42. The molecule has 2 N–H and O–H groups in total. The average molecular weight is 361 g/mol. The third kappa shape index (κ3) is 3.60. The van der Waals surface area contributed by atoms with Crippen LogP contribution in [0.4, 0.5) is 0 Å². The largest absolute Gasteiger partial charge is 0.508 e. The molecule has 1 fully saturated rings. The number of aliphatic hydroxyl groups is 1. The van der Waals surface area contributed by atoms with Gasteiger partial charge < -0.3 is 14.9 Å². The average Bonchev–Trinajstić information content (AvgIpc) is 2.53. The molecule has 1 aromatic rings. The minimum atomic E-state index is -0.275. The molecule has 3 rings (SSSR count). The van der Waals surface area contributed by atoms with E-state index in [9.17, 15) is 10.2 Å². The summed E-state index contributed by atoms with van der Waals surface area (Å²) in [7, 11) is 0. The number of hydrogen-bond acceptors (Lipinski definition) is 3. The number of benzene rings is 1. The van der Waals surface area contributed by atoms with Crippen molar-refractivity contribution in [1.29, 1.82) is 0 Å². The van der Waals surface area contributed by atoms with Crippen LogP contribution in [-0.2, 0) is 5.41 Å². The number of unbranched alkanes of at least 4 members (excludes halogenated alkanes) is 2. The van der Waals surface area contributed by atoms with Gasteiger partial charge in [0.15, 0.2) is 0 Å². The van der Waals surface area contributed by atoms with Crippen LogP contribution in [0.15, 0.2) is 12.1 Å². The van der Waals surface area contributed by atoms with Gasteiger partial charge in [0.05, 0.1) is 6.10 Å². The molecule has 3 nitrogen and oxygen atoms in total. The summed E-state index contributed by atoms with van der Waals surface area (Å²) in [5.41, 5.74) is 1.81. The van der Waals surface area contributed by atoms with Crippen LogP contribution in [-0.4, -0.2) is 21.9 Å². The fourth-order valence-corrected chi connectivity index (χ4v) is 5.08. The SMILES string of the molecule is CCCCCC(C)(C)c1cc(O)c2c(c1)OC(C)(C)C1CCC(O)CC21. The van der Waals surface area contributed by atoms with Crippen LogP contribution in [0.25, 0.3) is 0 Å². The van der Waals surface area contributed by atoms with E-state index in [4.69, 9.17) is 4.74 Å². The maximum atomic E-state index is 10.9. The number of ether oxygens (including phenoxy) is 1. The number of rotatable bonds is 5. The quantitative estimate of drug-likeness (QED) is 0.666. The molecule has 2 aliphatic rings. The van der Waals surface area contributed by atoms with Gasteiger partial charge in [0, 0.05) is 17.4 Å². The first kappa shape index (κ1) is 19.5. The van der Waals surface area contributed by atoms with E-state index in [-0.39, 0.29) is 23.0 Å². The topological polar surface area (TPSA) is 49.7 Å². The van der Waals surface area contributed by atoms with Crippen molar-refractivity contribution in [3.05, 3.63) is 23.3 Å². The first-order chi connectivity index (χ1) is 12.2. The molecule has 3 heteroatoms. The van der Waals surface area contributed by atoms with Crippen molar-refractivity contribution in [1.82, 2.24) is 0 Å². The molecule has 0 radical (unpaired) electrons. The van der Waals surface area contributed by atoms with Crippen molar-refractivity contribution in [2.45, 2.75) is 103 Å². The van der Waals surface area contributed by atoms with E-state index in [0.717, 1.165) is 42.6 Å². The molecule has 0 aromatic heterocycles. The Morgan fingerprint density at radius 3 is 2.62 bits per heavy atom. The Balaban J connectivity index is 1.97. The summed E-state index contributed by atoms with van der Waals surface area (Å²) in [4.78, 5) is 0. The second kappa shape index (κ2) is 7.07. The van der Waals surface area contributed by atoms with E-state index in [0.29, 0.717) is 11.7 Å². The molecule has 26 heavy (non-hydrogen) atoms. The van der Waals surface area contributed by atoms with Crippen molar-refractivity contribution >= 4 is 0 Å². The van der Waals surface area contributed by atoms with E-state index in [1.165, 1.54) is 19.3 Å². The van der Waals surface area contributed by atoms with E-state index in [1.807, 2.05) is 6.07 Å². The third-order valence-corrected chi connectivity index (χ3v) is 6.77. The molecule has 1 saturated carbocycles. The molecule has 0 bridgehead atoms. The lowest BCUT2D eigenvalue weighted by Crippen LogP contribution is -2.47. The fourth-order valence-electron chi connectivity index (χ4n) is 5.08. The Kier molecular flexibility index (Phi) is 5.31. The highest BCUT2D eigenvalue weighted by Gasteiger charge is 2.47. The van der Waals surface area contributed by atoms with Gasteiger partial charge in [-0.15, -0.1) is 0 Å². The molecule has 1 aliphatic carbocycles. The van der Waals surface area contributed by atoms with E-state index in [2.05, 4.69) is 40.7 Å². The molecule has 1 heterocycles. The van der Waals surface area contributed by atoms with Gasteiger partial charge in [0.25, 0.3) is 0 Å². The first-order valence-electron chi connectivity index (χ1n) is 10.4. The van der Waals surface area contributed by atoms with Gasteiger partial charge >= 0.3 is 0 Å². The Bertz CT molecular complexity index is 647. The molecule has 1 aromatic carbocycles. The maximum Gasteiger partial charge on any atom is 0.127 e. The molecule has 0 saturated heterocycles.